The number of halogens is 2. The second kappa shape index (κ2) is 7.92. The van der Waals surface area contributed by atoms with Crippen LogP contribution in [-0.4, -0.2) is 33.2 Å². The first-order valence-corrected chi connectivity index (χ1v) is 9.85. The fourth-order valence-electron chi connectivity index (χ4n) is 2.92. The van der Waals surface area contributed by atoms with Gasteiger partial charge in [-0.2, -0.15) is 0 Å². The van der Waals surface area contributed by atoms with Gasteiger partial charge in [-0.15, -0.1) is 0 Å². The van der Waals surface area contributed by atoms with Gasteiger partial charge in [-0.1, -0.05) is 25.3 Å². The van der Waals surface area contributed by atoms with Crippen LogP contribution in [0.2, 0.25) is 0 Å². The first-order chi connectivity index (χ1) is 11.3. The van der Waals surface area contributed by atoms with Crippen LogP contribution in [0.4, 0.5) is 14.5 Å². The largest absolute Gasteiger partial charge is 0.353 e. The second-order valence-electron chi connectivity index (χ2n) is 6.06. The highest BCUT2D eigenvalue weighted by molar-refractivity contribution is 7.92. The van der Waals surface area contributed by atoms with Crippen LogP contribution in [0.5, 0.6) is 0 Å². The lowest BCUT2D eigenvalue weighted by molar-refractivity contribution is -0.121. The van der Waals surface area contributed by atoms with Crippen LogP contribution < -0.4 is 9.62 Å². The summed E-state index contributed by atoms with van der Waals surface area (Å²) in [6.45, 7) is -0.310. The van der Waals surface area contributed by atoms with Crippen molar-refractivity contribution in [3.05, 3.63) is 29.8 Å². The third kappa shape index (κ3) is 4.90. The molecule has 8 heteroatoms. The predicted octanol–water partition coefficient (Wildman–Crippen LogP) is 2.57. The van der Waals surface area contributed by atoms with Crippen molar-refractivity contribution >= 4 is 21.6 Å². The molecule has 0 spiro atoms. The average molecular weight is 360 g/mol. The highest BCUT2D eigenvalue weighted by atomic mass is 32.2. The number of hydrogen-bond donors (Lipinski definition) is 1. The molecule has 0 aliphatic heterocycles. The average Bonchev–Trinajstić information content (AvgIpc) is 2.50. The molecule has 1 amide bonds. The number of carbonyl (C=O) groups is 1. The number of sulfonamides is 1. The predicted molar refractivity (Wildman–Crippen MR) is 88.2 cm³/mol. The molecule has 134 valence electrons. The van der Waals surface area contributed by atoms with E-state index in [0.29, 0.717) is 4.31 Å². The molecule has 0 unspecified atom stereocenters. The van der Waals surface area contributed by atoms with Crippen LogP contribution in [0.3, 0.4) is 0 Å². The lowest BCUT2D eigenvalue weighted by atomic mass is 9.95. The minimum absolute atomic E-state index is 0.100. The number of anilines is 1. The molecular formula is C16H22F2N2O3S. The molecule has 5 nitrogen and oxygen atoms in total. The third-order valence-corrected chi connectivity index (χ3v) is 5.27. The van der Waals surface area contributed by atoms with Crippen molar-refractivity contribution < 1.29 is 22.0 Å². The number of hydrogen-bond acceptors (Lipinski definition) is 3. The summed E-state index contributed by atoms with van der Waals surface area (Å²) < 4.78 is 52.2. The molecule has 1 fully saturated rings. The topological polar surface area (TPSA) is 66.5 Å². The maximum atomic E-state index is 13.9. The van der Waals surface area contributed by atoms with E-state index in [4.69, 9.17) is 0 Å². The highest BCUT2D eigenvalue weighted by Gasteiger charge is 2.25. The van der Waals surface area contributed by atoms with Gasteiger partial charge in [0.05, 0.1) is 6.26 Å². The van der Waals surface area contributed by atoms with E-state index < -0.39 is 27.3 Å². The minimum atomic E-state index is -3.92. The van der Waals surface area contributed by atoms with Crippen LogP contribution in [0, 0.1) is 11.6 Å². The van der Waals surface area contributed by atoms with Crippen molar-refractivity contribution in [2.45, 2.75) is 44.6 Å². The first kappa shape index (κ1) is 18.6. The maximum absolute atomic E-state index is 13.9. The van der Waals surface area contributed by atoms with Crippen molar-refractivity contribution in [1.82, 2.24) is 5.32 Å². The summed E-state index contributed by atoms with van der Waals surface area (Å²) in [6, 6.07) is 3.23. The Labute approximate surface area is 141 Å². The Morgan fingerprint density at radius 3 is 2.33 bits per heavy atom. The van der Waals surface area contributed by atoms with Gasteiger partial charge in [0.15, 0.2) is 11.6 Å². The van der Waals surface area contributed by atoms with Gasteiger partial charge >= 0.3 is 0 Å². The molecule has 24 heavy (non-hydrogen) atoms. The van der Waals surface area contributed by atoms with Crippen LogP contribution in [0.15, 0.2) is 18.2 Å². The zero-order chi connectivity index (χ0) is 17.7. The Morgan fingerprint density at radius 1 is 1.21 bits per heavy atom. The summed E-state index contributed by atoms with van der Waals surface area (Å²) in [4.78, 5) is 12.0. The van der Waals surface area contributed by atoms with Gasteiger partial charge in [0, 0.05) is 19.0 Å². The Morgan fingerprint density at radius 2 is 1.79 bits per heavy atom. The summed E-state index contributed by atoms with van der Waals surface area (Å²) in [5, 5.41) is 2.86. The van der Waals surface area contributed by atoms with E-state index in [0.717, 1.165) is 56.6 Å². The summed E-state index contributed by atoms with van der Waals surface area (Å²) in [6.07, 6.45) is 5.78. The molecule has 1 aromatic carbocycles. The highest BCUT2D eigenvalue weighted by Crippen LogP contribution is 2.25. The van der Waals surface area contributed by atoms with Crippen molar-refractivity contribution in [2.24, 2.45) is 0 Å². The van der Waals surface area contributed by atoms with Gasteiger partial charge in [-0.25, -0.2) is 17.2 Å². The molecule has 0 bridgehead atoms. The number of nitrogens with zero attached hydrogens (tertiary/aromatic N) is 1. The Hall–Kier alpha value is -1.70. The molecule has 1 aliphatic carbocycles. The molecule has 0 radical (unpaired) electrons. The fourth-order valence-corrected chi connectivity index (χ4v) is 3.85. The number of para-hydroxylation sites is 1. The van der Waals surface area contributed by atoms with Crippen LogP contribution >= 0.6 is 0 Å². The van der Waals surface area contributed by atoms with Gasteiger partial charge in [0.1, 0.15) is 5.69 Å². The summed E-state index contributed by atoms with van der Waals surface area (Å²) in [5.41, 5.74) is -0.648. The zero-order valence-corrected chi connectivity index (χ0v) is 14.4. The molecular weight excluding hydrogens is 338 g/mol. The van der Waals surface area contributed by atoms with Crippen LogP contribution in [0.1, 0.15) is 38.5 Å². The molecule has 0 atom stereocenters. The SMILES string of the molecule is CS(=O)(=O)N(CCC(=O)NC1CCCCC1)c1c(F)cccc1F. The van der Waals surface area contributed by atoms with Crippen molar-refractivity contribution in [2.75, 3.05) is 17.1 Å². The van der Waals surface area contributed by atoms with Crippen molar-refractivity contribution in [3.63, 3.8) is 0 Å². The van der Waals surface area contributed by atoms with Gasteiger partial charge in [-0.3, -0.25) is 9.10 Å². The first-order valence-electron chi connectivity index (χ1n) is 8.00. The smallest absolute Gasteiger partial charge is 0.232 e. The normalized spacial score (nSPS) is 16.0. The van der Waals surface area contributed by atoms with Crippen LogP contribution in [0.25, 0.3) is 0 Å². The van der Waals surface area contributed by atoms with Crippen LogP contribution in [-0.2, 0) is 14.8 Å². The van der Waals surface area contributed by atoms with Crippen molar-refractivity contribution in [3.8, 4) is 0 Å². The van der Waals surface area contributed by atoms with E-state index >= 15 is 0 Å². The lowest BCUT2D eigenvalue weighted by Crippen LogP contribution is -2.39. The number of nitrogens with one attached hydrogen (secondary N) is 1. The molecule has 1 N–H and O–H groups in total. The number of carbonyl (C=O) groups excluding carboxylic acids is 1. The van der Waals surface area contributed by atoms with Gasteiger partial charge in [-0.05, 0) is 25.0 Å². The molecule has 2 rings (SSSR count). The molecule has 0 saturated heterocycles. The third-order valence-electron chi connectivity index (χ3n) is 4.10. The van der Waals surface area contributed by atoms with E-state index in [1.54, 1.807) is 0 Å². The minimum Gasteiger partial charge on any atom is -0.353 e. The molecule has 1 saturated carbocycles. The quantitative estimate of drug-likeness (QED) is 0.848. The van der Waals surface area contributed by atoms with E-state index in [1.165, 1.54) is 0 Å². The molecule has 0 heterocycles. The van der Waals surface area contributed by atoms with E-state index in [9.17, 15) is 22.0 Å². The second-order valence-corrected chi connectivity index (χ2v) is 7.96. The molecule has 1 aliphatic rings. The zero-order valence-electron chi connectivity index (χ0n) is 13.6. The monoisotopic (exact) mass is 360 g/mol. The lowest BCUT2D eigenvalue weighted by Gasteiger charge is -2.25. The fraction of sp³-hybridized carbons (Fsp3) is 0.562. The maximum Gasteiger partial charge on any atom is 0.232 e. The Kier molecular flexibility index (Phi) is 6.15. The van der Waals surface area contributed by atoms with E-state index in [-0.39, 0.29) is 24.9 Å². The Bertz CT molecular complexity index is 668. The van der Waals surface area contributed by atoms with Gasteiger partial charge in [0.25, 0.3) is 0 Å². The molecule has 0 aromatic heterocycles. The number of rotatable bonds is 6. The summed E-state index contributed by atoms with van der Waals surface area (Å²) in [7, 11) is -3.92. The van der Waals surface area contributed by atoms with Gasteiger partial charge < -0.3 is 5.32 Å². The summed E-state index contributed by atoms with van der Waals surface area (Å²) >= 11 is 0. The van der Waals surface area contributed by atoms with Gasteiger partial charge in [0.2, 0.25) is 15.9 Å². The summed E-state index contributed by atoms with van der Waals surface area (Å²) in [5.74, 6) is -2.27. The van der Waals surface area contributed by atoms with E-state index in [1.807, 2.05) is 0 Å². The van der Waals surface area contributed by atoms with Crippen molar-refractivity contribution in [1.29, 1.82) is 0 Å². The number of benzene rings is 1. The number of amides is 1. The van der Waals surface area contributed by atoms with E-state index in [2.05, 4.69) is 5.32 Å². The Balaban J connectivity index is 2.06. The molecule has 1 aromatic rings. The standard InChI is InChI=1S/C16H22F2N2O3S/c1-24(22,23)20(16-13(17)8-5-9-14(16)18)11-10-15(21)19-12-6-3-2-4-7-12/h5,8-9,12H,2-4,6-7,10-11H2,1H3,(H,19,21).